The van der Waals surface area contributed by atoms with Crippen molar-refractivity contribution in [3.05, 3.63) is 91.8 Å². The number of nitro groups is 1. The second kappa shape index (κ2) is 13.7. The van der Waals surface area contributed by atoms with Crippen LogP contribution >= 0.6 is 0 Å². The van der Waals surface area contributed by atoms with Crippen molar-refractivity contribution in [1.29, 1.82) is 0 Å². The van der Waals surface area contributed by atoms with Crippen LogP contribution in [-0.2, 0) is 9.53 Å². The molecule has 1 aliphatic heterocycles. The van der Waals surface area contributed by atoms with Crippen LogP contribution in [0.5, 0.6) is 11.5 Å². The van der Waals surface area contributed by atoms with Gasteiger partial charge in [0.25, 0.3) is 11.5 Å². The Morgan fingerprint density at radius 1 is 1.11 bits per heavy atom. The van der Waals surface area contributed by atoms with E-state index in [1.165, 1.54) is 23.0 Å². The Bertz CT molecular complexity index is 1830. The summed E-state index contributed by atoms with van der Waals surface area (Å²) >= 11 is 0. The number of amides is 1. The Morgan fingerprint density at radius 3 is 2.58 bits per heavy atom. The summed E-state index contributed by atoms with van der Waals surface area (Å²) in [5.41, 5.74) is 2.68. The standard InChI is InChI=1S/C33H35N5O7/c1-5-44-30-16-22(4)26(18-25(30)21(2)3)32-35-27-9-7-6-8-24(27)33(40)37(32)34-19-23-10-11-29(28(17-23)38(41)42)45-20-31(39)36-12-14-43-15-13-36/h6-11,16-19,21H,5,12-15,20H2,1-4H3. The molecule has 2 heterocycles. The number of rotatable bonds is 10. The second-order valence-electron chi connectivity index (χ2n) is 10.9. The molecular weight excluding hydrogens is 578 g/mol. The highest BCUT2D eigenvalue weighted by molar-refractivity contribution is 5.84. The number of benzene rings is 3. The molecular formula is C33H35N5O7. The Labute approximate surface area is 260 Å². The normalized spacial score (nSPS) is 13.5. The first-order valence-corrected chi connectivity index (χ1v) is 14.8. The lowest BCUT2D eigenvalue weighted by molar-refractivity contribution is -0.385. The molecule has 1 amide bonds. The van der Waals surface area contributed by atoms with Crippen molar-refractivity contribution in [3.8, 4) is 22.9 Å². The van der Waals surface area contributed by atoms with E-state index < -0.39 is 4.92 Å². The van der Waals surface area contributed by atoms with Crippen molar-refractivity contribution in [2.24, 2.45) is 5.10 Å². The first-order valence-electron chi connectivity index (χ1n) is 14.8. The molecule has 3 aromatic carbocycles. The average molecular weight is 614 g/mol. The summed E-state index contributed by atoms with van der Waals surface area (Å²) in [6.07, 6.45) is 1.37. The highest BCUT2D eigenvalue weighted by Crippen LogP contribution is 2.34. The molecule has 5 rings (SSSR count). The van der Waals surface area contributed by atoms with Crippen molar-refractivity contribution in [2.75, 3.05) is 39.5 Å². The molecule has 1 aliphatic rings. The second-order valence-corrected chi connectivity index (χ2v) is 10.9. The maximum atomic E-state index is 13.8. The maximum absolute atomic E-state index is 13.8. The molecule has 1 saturated heterocycles. The molecule has 0 saturated carbocycles. The highest BCUT2D eigenvalue weighted by atomic mass is 16.6. The van der Waals surface area contributed by atoms with Gasteiger partial charge in [0.1, 0.15) is 5.75 Å². The average Bonchev–Trinajstić information content (AvgIpc) is 3.04. The summed E-state index contributed by atoms with van der Waals surface area (Å²) in [5, 5.41) is 16.8. The highest BCUT2D eigenvalue weighted by Gasteiger charge is 2.22. The summed E-state index contributed by atoms with van der Waals surface area (Å²) in [5.74, 6) is 0.913. The summed E-state index contributed by atoms with van der Waals surface area (Å²) in [7, 11) is 0. The molecule has 0 N–H and O–H groups in total. The van der Waals surface area contributed by atoms with Gasteiger partial charge in [-0.2, -0.15) is 9.78 Å². The van der Waals surface area contributed by atoms with Crippen LogP contribution in [0.2, 0.25) is 0 Å². The predicted molar refractivity (Wildman–Crippen MR) is 170 cm³/mol. The van der Waals surface area contributed by atoms with Gasteiger partial charge in [0.2, 0.25) is 0 Å². The fourth-order valence-corrected chi connectivity index (χ4v) is 5.12. The van der Waals surface area contributed by atoms with E-state index in [-0.39, 0.29) is 35.4 Å². The zero-order valence-electron chi connectivity index (χ0n) is 25.7. The summed E-state index contributed by atoms with van der Waals surface area (Å²) < 4.78 is 17.9. The Balaban J connectivity index is 1.53. The summed E-state index contributed by atoms with van der Waals surface area (Å²) in [4.78, 5) is 44.0. The predicted octanol–water partition coefficient (Wildman–Crippen LogP) is 4.92. The number of aromatic nitrogens is 2. The van der Waals surface area contributed by atoms with Gasteiger partial charge in [0, 0.05) is 30.3 Å². The zero-order valence-corrected chi connectivity index (χ0v) is 25.7. The largest absolute Gasteiger partial charge is 0.494 e. The molecule has 0 spiro atoms. The van der Waals surface area contributed by atoms with Crippen molar-refractivity contribution in [3.63, 3.8) is 0 Å². The first-order chi connectivity index (χ1) is 21.7. The summed E-state index contributed by atoms with van der Waals surface area (Å²) in [6.45, 7) is 9.92. The number of carbonyl (C=O) groups is 1. The number of nitrogens with zero attached hydrogens (tertiary/aromatic N) is 5. The van der Waals surface area contributed by atoms with E-state index in [9.17, 15) is 19.7 Å². The van der Waals surface area contributed by atoms with Gasteiger partial charge >= 0.3 is 5.69 Å². The van der Waals surface area contributed by atoms with Crippen LogP contribution in [0.15, 0.2) is 64.5 Å². The van der Waals surface area contributed by atoms with E-state index in [1.807, 2.05) is 32.0 Å². The van der Waals surface area contributed by atoms with Gasteiger partial charge in [-0.05, 0) is 67.3 Å². The van der Waals surface area contributed by atoms with Crippen molar-refractivity contribution in [1.82, 2.24) is 14.6 Å². The third kappa shape index (κ3) is 6.86. The lowest BCUT2D eigenvalue weighted by atomic mass is 9.96. The molecule has 0 radical (unpaired) electrons. The minimum atomic E-state index is -0.586. The SMILES string of the molecule is CCOc1cc(C)c(-c2nc3ccccc3c(=O)n2N=Cc2ccc(OCC(=O)N3CCOCC3)c([N+](=O)[O-])c2)cc1C(C)C. The van der Waals surface area contributed by atoms with Crippen LogP contribution in [0.3, 0.4) is 0 Å². The number of nitro benzene ring substituents is 1. The van der Waals surface area contributed by atoms with Crippen LogP contribution in [0.1, 0.15) is 43.4 Å². The van der Waals surface area contributed by atoms with Gasteiger partial charge in [-0.25, -0.2) is 4.98 Å². The number of para-hydroxylation sites is 1. The number of aryl methyl sites for hydroxylation is 1. The molecule has 0 atom stereocenters. The molecule has 12 heteroatoms. The smallest absolute Gasteiger partial charge is 0.311 e. The van der Waals surface area contributed by atoms with Crippen LogP contribution in [0, 0.1) is 17.0 Å². The number of fused-ring (bicyclic) bond motifs is 1. The van der Waals surface area contributed by atoms with Crippen molar-refractivity contribution < 1.29 is 23.9 Å². The van der Waals surface area contributed by atoms with Gasteiger partial charge in [0.05, 0.1) is 41.9 Å². The van der Waals surface area contributed by atoms with Gasteiger partial charge in [-0.3, -0.25) is 19.7 Å². The Hall–Kier alpha value is -5.10. The van der Waals surface area contributed by atoms with Gasteiger partial charge in [-0.1, -0.05) is 26.0 Å². The van der Waals surface area contributed by atoms with Crippen molar-refractivity contribution in [2.45, 2.75) is 33.6 Å². The number of hydrogen-bond donors (Lipinski definition) is 0. The molecule has 0 bridgehead atoms. The van der Waals surface area contributed by atoms with E-state index in [0.717, 1.165) is 16.9 Å². The van der Waals surface area contributed by atoms with E-state index in [2.05, 4.69) is 18.9 Å². The fraction of sp³-hybridized carbons (Fsp3) is 0.333. The van der Waals surface area contributed by atoms with E-state index >= 15 is 0 Å². The number of morpholine rings is 1. The molecule has 0 unspecified atom stereocenters. The number of hydrogen-bond acceptors (Lipinski definition) is 9. The van der Waals surface area contributed by atoms with E-state index in [4.69, 9.17) is 19.2 Å². The molecule has 1 aromatic heterocycles. The number of carbonyl (C=O) groups excluding carboxylic acids is 1. The Kier molecular flexibility index (Phi) is 9.53. The van der Waals surface area contributed by atoms with Crippen molar-refractivity contribution >= 4 is 28.7 Å². The van der Waals surface area contributed by atoms with Gasteiger partial charge in [-0.15, -0.1) is 0 Å². The molecule has 45 heavy (non-hydrogen) atoms. The van der Waals surface area contributed by atoms with Crippen LogP contribution in [0.4, 0.5) is 5.69 Å². The zero-order chi connectivity index (χ0) is 32.1. The molecule has 1 fully saturated rings. The van der Waals surface area contributed by atoms with E-state index in [0.29, 0.717) is 60.8 Å². The van der Waals surface area contributed by atoms with Gasteiger partial charge < -0.3 is 19.1 Å². The lowest BCUT2D eigenvalue weighted by Gasteiger charge is -2.26. The van der Waals surface area contributed by atoms with Crippen LogP contribution in [0.25, 0.3) is 22.3 Å². The summed E-state index contributed by atoms with van der Waals surface area (Å²) in [6, 6.07) is 15.2. The Morgan fingerprint density at radius 2 is 1.87 bits per heavy atom. The molecule has 12 nitrogen and oxygen atoms in total. The van der Waals surface area contributed by atoms with E-state index in [1.54, 1.807) is 29.2 Å². The fourth-order valence-electron chi connectivity index (χ4n) is 5.12. The third-order valence-electron chi connectivity index (χ3n) is 7.49. The lowest BCUT2D eigenvalue weighted by Crippen LogP contribution is -2.43. The minimum absolute atomic E-state index is 0.0461. The number of ether oxygens (including phenoxy) is 3. The maximum Gasteiger partial charge on any atom is 0.311 e. The van der Waals surface area contributed by atoms with Crippen LogP contribution < -0.4 is 15.0 Å². The molecule has 4 aromatic rings. The third-order valence-corrected chi connectivity index (χ3v) is 7.49. The van der Waals surface area contributed by atoms with Gasteiger partial charge in [0.15, 0.2) is 18.2 Å². The van der Waals surface area contributed by atoms with Crippen LogP contribution in [-0.4, -0.2) is 71.1 Å². The quantitative estimate of drug-likeness (QED) is 0.140. The monoisotopic (exact) mass is 613 g/mol. The molecule has 234 valence electrons. The molecule has 0 aliphatic carbocycles. The topological polar surface area (TPSA) is 138 Å². The first kappa shape index (κ1) is 31.3. The minimum Gasteiger partial charge on any atom is -0.494 e.